The quantitative estimate of drug-likeness (QED) is 0.462. The maximum absolute atomic E-state index is 8.94. The highest BCUT2D eigenvalue weighted by molar-refractivity contribution is 6.01. The molecule has 0 atom stereocenters. The molecule has 0 saturated heterocycles. The molecule has 0 unspecified atom stereocenters. The molecule has 6 nitrogen and oxygen atoms in total. The van der Waals surface area contributed by atoms with Gasteiger partial charge >= 0.3 is 0 Å². The van der Waals surface area contributed by atoms with Crippen molar-refractivity contribution < 1.29 is 5.21 Å². The molecular formula is C10H9N5O. The highest BCUT2D eigenvalue weighted by Crippen LogP contribution is 2.05. The first-order valence-corrected chi connectivity index (χ1v) is 4.63. The van der Waals surface area contributed by atoms with Gasteiger partial charge in [-0.15, -0.1) is 0 Å². The highest BCUT2D eigenvalue weighted by Gasteiger charge is 2.06. The van der Waals surface area contributed by atoms with Crippen LogP contribution in [0.3, 0.4) is 0 Å². The standard InChI is InChI=1S/C10H9N5O/c16-15-10(9-2-4-12-14-7-9)5-8-1-3-11-13-6-8/h1-4,6-7,16H,5H2. The summed E-state index contributed by atoms with van der Waals surface area (Å²) in [6.07, 6.45) is 6.78. The Kier molecular flexibility index (Phi) is 3.12. The zero-order valence-electron chi connectivity index (χ0n) is 8.35. The summed E-state index contributed by atoms with van der Waals surface area (Å²) in [6, 6.07) is 3.55. The predicted octanol–water partition coefficient (Wildman–Crippen LogP) is 0.688. The average molecular weight is 215 g/mol. The van der Waals surface area contributed by atoms with Gasteiger partial charge in [0.2, 0.25) is 0 Å². The lowest BCUT2D eigenvalue weighted by atomic mass is 10.1. The fourth-order valence-corrected chi connectivity index (χ4v) is 1.27. The maximum Gasteiger partial charge on any atom is 0.0928 e. The molecule has 0 amide bonds. The molecule has 6 heteroatoms. The number of oxime groups is 1. The van der Waals surface area contributed by atoms with Crippen LogP contribution in [0.1, 0.15) is 11.1 Å². The molecule has 0 aliphatic rings. The Hall–Kier alpha value is -2.37. The first-order valence-electron chi connectivity index (χ1n) is 4.63. The van der Waals surface area contributed by atoms with Gasteiger partial charge in [-0.05, 0) is 17.7 Å². The van der Waals surface area contributed by atoms with E-state index < -0.39 is 0 Å². The Morgan fingerprint density at radius 1 is 1.06 bits per heavy atom. The van der Waals surface area contributed by atoms with Crippen LogP contribution in [0.2, 0.25) is 0 Å². The smallest absolute Gasteiger partial charge is 0.0928 e. The fraction of sp³-hybridized carbons (Fsp3) is 0.100. The third-order valence-electron chi connectivity index (χ3n) is 2.06. The highest BCUT2D eigenvalue weighted by atomic mass is 16.4. The van der Waals surface area contributed by atoms with Crippen molar-refractivity contribution in [2.24, 2.45) is 5.16 Å². The van der Waals surface area contributed by atoms with Gasteiger partial charge in [-0.25, -0.2) is 0 Å². The van der Waals surface area contributed by atoms with Crippen molar-refractivity contribution in [1.82, 2.24) is 20.4 Å². The van der Waals surface area contributed by atoms with Crippen molar-refractivity contribution in [2.75, 3.05) is 0 Å². The molecule has 2 rings (SSSR count). The second kappa shape index (κ2) is 4.92. The van der Waals surface area contributed by atoms with Crippen molar-refractivity contribution in [3.05, 3.63) is 48.0 Å². The van der Waals surface area contributed by atoms with E-state index in [0.717, 1.165) is 11.1 Å². The second-order valence-electron chi connectivity index (χ2n) is 3.11. The van der Waals surface area contributed by atoms with E-state index in [1.54, 1.807) is 30.9 Å². The molecule has 0 aliphatic carbocycles. The van der Waals surface area contributed by atoms with Crippen LogP contribution in [0.4, 0.5) is 0 Å². The van der Waals surface area contributed by atoms with Crippen molar-refractivity contribution in [1.29, 1.82) is 0 Å². The Morgan fingerprint density at radius 2 is 1.81 bits per heavy atom. The first-order chi connectivity index (χ1) is 7.90. The van der Waals surface area contributed by atoms with E-state index >= 15 is 0 Å². The van der Waals surface area contributed by atoms with Crippen LogP contribution < -0.4 is 0 Å². The molecule has 0 fully saturated rings. The summed E-state index contributed by atoms with van der Waals surface area (Å²) in [4.78, 5) is 0. The summed E-state index contributed by atoms with van der Waals surface area (Å²) in [5, 5.41) is 27.0. The fourth-order valence-electron chi connectivity index (χ4n) is 1.27. The van der Waals surface area contributed by atoms with Gasteiger partial charge in [-0.3, -0.25) is 0 Å². The molecule has 0 aromatic carbocycles. The van der Waals surface area contributed by atoms with Crippen LogP contribution in [-0.4, -0.2) is 31.3 Å². The van der Waals surface area contributed by atoms with Crippen molar-refractivity contribution in [2.45, 2.75) is 6.42 Å². The van der Waals surface area contributed by atoms with Crippen LogP contribution in [0.15, 0.2) is 42.1 Å². The third kappa shape index (κ3) is 2.35. The number of nitrogens with zero attached hydrogens (tertiary/aromatic N) is 5. The van der Waals surface area contributed by atoms with Gasteiger partial charge in [0, 0.05) is 18.2 Å². The van der Waals surface area contributed by atoms with E-state index in [0.29, 0.717) is 12.1 Å². The van der Waals surface area contributed by atoms with Gasteiger partial charge in [-0.1, -0.05) is 5.16 Å². The molecule has 2 aromatic rings. The summed E-state index contributed by atoms with van der Waals surface area (Å²) < 4.78 is 0. The number of rotatable bonds is 3. The number of hydrogen-bond acceptors (Lipinski definition) is 6. The summed E-state index contributed by atoms with van der Waals surface area (Å²) in [5.74, 6) is 0. The van der Waals surface area contributed by atoms with E-state index in [1.165, 1.54) is 0 Å². The van der Waals surface area contributed by atoms with E-state index in [4.69, 9.17) is 5.21 Å². The van der Waals surface area contributed by atoms with Crippen molar-refractivity contribution in [3.8, 4) is 0 Å². The Labute approximate surface area is 91.7 Å². The maximum atomic E-state index is 8.94. The van der Waals surface area contributed by atoms with E-state index in [2.05, 4.69) is 25.6 Å². The molecule has 0 aliphatic heterocycles. The largest absolute Gasteiger partial charge is 0.411 e. The van der Waals surface area contributed by atoms with Gasteiger partial charge in [-0.2, -0.15) is 20.4 Å². The van der Waals surface area contributed by atoms with Gasteiger partial charge in [0.05, 0.1) is 24.3 Å². The normalized spacial score (nSPS) is 11.4. The summed E-state index contributed by atoms with van der Waals surface area (Å²) >= 11 is 0. The van der Waals surface area contributed by atoms with Crippen molar-refractivity contribution in [3.63, 3.8) is 0 Å². The monoisotopic (exact) mass is 215 g/mol. The van der Waals surface area contributed by atoms with Gasteiger partial charge in [0.1, 0.15) is 0 Å². The summed E-state index contributed by atoms with van der Waals surface area (Å²) in [7, 11) is 0. The van der Waals surface area contributed by atoms with Crippen molar-refractivity contribution >= 4 is 5.71 Å². The van der Waals surface area contributed by atoms with Crippen LogP contribution in [0.5, 0.6) is 0 Å². The SMILES string of the molecule is ON=C(Cc1ccnnc1)c1ccnnc1. The van der Waals surface area contributed by atoms with Crippen LogP contribution in [-0.2, 0) is 6.42 Å². The molecule has 0 radical (unpaired) electrons. The molecule has 0 saturated carbocycles. The zero-order valence-corrected chi connectivity index (χ0v) is 8.35. The summed E-state index contributed by atoms with van der Waals surface area (Å²) in [5.41, 5.74) is 2.16. The molecule has 2 aromatic heterocycles. The third-order valence-corrected chi connectivity index (χ3v) is 2.06. The molecule has 16 heavy (non-hydrogen) atoms. The average Bonchev–Trinajstić information content (AvgIpc) is 2.38. The topological polar surface area (TPSA) is 84.2 Å². The van der Waals surface area contributed by atoms with E-state index in [-0.39, 0.29) is 0 Å². The first kappa shape index (κ1) is 10.2. The predicted molar refractivity (Wildman–Crippen MR) is 56.1 cm³/mol. The molecule has 2 heterocycles. The minimum atomic E-state index is 0.470. The van der Waals surface area contributed by atoms with Crippen LogP contribution >= 0.6 is 0 Å². The van der Waals surface area contributed by atoms with Gasteiger partial charge in [0.15, 0.2) is 0 Å². The Balaban J connectivity index is 2.20. The number of hydrogen-bond donors (Lipinski definition) is 1. The zero-order chi connectivity index (χ0) is 11.2. The van der Waals surface area contributed by atoms with Gasteiger partial charge in [0.25, 0.3) is 0 Å². The number of aromatic nitrogens is 4. The second-order valence-corrected chi connectivity index (χ2v) is 3.11. The minimum Gasteiger partial charge on any atom is -0.411 e. The van der Waals surface area contributed by atoms with Crippen LogP contribution in [0, 0.1) is 0 Å². The van der Waals surface area contributed by atoms with E-state index in [9.17, 15) is 0 Å². The summed E-state index contributed by atoms with van der Waals surface area (Å²) in [6.45, 7) is 0. The lowest BCUT2D eigenvalue weighted by molar-refractivity contribution is 0.318. The minimum absolute atomic E-state index is 0.470. The molecule has 0 bridgehead atoms. The van der Waals surface area contributed by atoms with Gasteiger partial charge < -0.3 is 5.21 Å². The molecule has 80 valence electrons. The molecule has 1 N–H and O–H groups in total. The Bertz CT molecular complexity index is 471. The van der Waals surface area contributed by atoms with Crippen LogP contribution in [0.25, 0.3) is 0 Å². The lowest BCUT2D eigenvalue weighted by Crippen LogP contribution is -2.06. The Morgan fingerprint density at radius 3 is 2.38 bits per heavy atom. The molecule has 0 spiro atoms. The lowest BCUT2D eigenvalue weighted by Gasteiger charge is -2.02. The molecular weight excluding hydrogens is 206 g/mol. The van der Waals surface area contributed by atoms with E-state index in [1.807, 2.05) is 6.07 Å².